The third-order valence-electron chi connectivity index (χ3n) is 5.81. The molecule has 3 N–H and O–H groups in total. The Labute approximate surface area is 222 Å². The highest BCUT2D eigenvalue weighted by atomic mass is 16.5. The molecule has 0 bridgehead atoms. The first-order valence-electron chi connectivity index (χ1n) is 12.4. The van der Waals surface area contributed by atoms with Crippen LogP contribution in [0.1, 0.15) is 24.3 Å². The van der Waals surface area contributed by atoms with Crippen molar-refractivity contribution in [3.63, 3.8) is 0 Å². The number of aromatic hydroxyl groups is 1. The van der Waals surface area contributed by atoms with E-state index < -0.39 is 0 Å². The lowest BCUT2D eigenvalue weighted by atomic mass is 9.99. The van der Waals surface area contributed by atoms with Gasteiger partial charge in [0, 0.05) is 37.6 Å². The van der Waals surface area contributed by atoms with Crippen LogP contribution in [0.15, 0.2) is 60.7 Å². The number of nitrogen functional groups attached to an aromatic ring is 1. The van der Waals surface area contributed by atoms with Gasteiger partial charge in [0.25, 0.3) is 0 Å². The van der Waals surface area contributed by atoms with Crippen molar-refractivity contribution in [3.05, 3.63) is 66.2 Å². The molecule has 0 radical (unpaired) electrons. The van der Waals surface area contributed by atoms with Crippen LogP contribution in [0.5, 0.6) is 11.5 Å². The molecule has 0 aliphatic carbocycles. The summed E-state index contributed by atoms with van der Waals surface area (Å²) >= 11 is 0. The first kappa shape index (κ1) is 28.5. The largest absolute Gasteiger partial charge is 0.507 e. The lowest BCUT2D eigenvalue weighted by molar-refractivity contribution is -0.131. The molecule has 202 valence electrons. The zero-order chi connectivity index (χ0) is 27.2. The van der Waals surface area contributed by atoms with E-state index in [-0.39, 0.29) is 43.0 Å². The van der Waals surface area contributed by atoms with E-state index >= 15 is 0 Å². The molecule has 3 aromatic rings. The molecule has 3 rings (SSSR count). The summed E-state index contributed by atoms with van der Waals surface area (Å²) < 4.78 is 16.8. The third-order valence-corrected chi connectivity index (χ3v) is 5.81. The molecule has 1 aromatic heterocycles. The number of rotatable bonds is 16. The van der Waals surface area contributed by atoms with Crippen molar-refractivity contribution >= 4 is 18.0 Å². The summed E-state index contributed by atoms with van der Waals surface area (Å²) in [5.74, 6) is 0.358. The van der Waals surface area contributed by atoms with Crippen molar-refractivity contribution < 1.29 is 28.9 Å². The van der Waals surface area contributed by atoms with Crippen molar-refractivity contribution in [2.45, 2.75) is 18.8 Å². The Balaban J connectivity index is 1.59. The number of para-hydroxylation sites is 1. The number of ether oxygens (including phenoxy) is 3. The number of carbonyl (C=O) groups excluding carboxylic acids is 2. The maximum absolute atomic E-state index is 12.7. The number of hydrogen-bond donors (Lipinski definition) is 2. The molecule has 1 unspecified atom stereocenters. The van der Waals surface area contributed by atoms with Gasteiger partial charge in [0.2, 0.25) is 5.91 Å². The summed E-state index contributed by atoms with van der Waals surface area (Å²) in [6, 6.07) is 18.2. The predicted octanol–water partition coefficient (Wildman–Crippen LogP) is 3.06. The van der Waals surface area contributed by atoms with Gasteiger partial charge in [-0.25, -0.2) is 0 Å². The maximum Gasteiger partial charge on any atom is 0.224 e. The normalized spacial score (nSPS) is 11.6. The van der Waals surface area contributed by atoms with Crippen LogP contribution in [0.4, 0.5) is 5.82 Å². The summed E-state index contributed by atoms with van der Waals surface area (Å²) in [5.41, 5.74) is 7.99. The van der Waals surface area contributed by atoms with E-state index in [0.29, 0.717) is 49.8 Å². The zero-order valence-electron chi connectivity index (χ0n) is 21.5. The highest BCUT2D eigenvalue weighted by Crippen LogP contribution is 2.31. The van der Waals surface area contributed by atoms with Crippen LogP contribution in [0.2, 0.25) is 0 Å². The Hall–Kier alpha value is -4.02. The Kier molecular flexibility index (Phi) is 11.5. The number of aromatic nitrogens is 2. The van der Waals surface area contributed by atoms with Crippen LogP contribution in [0, 0.1) is 0 Å². The fourth-order valence-corrected chi connectivity index (χ4v) is 3.73. The highest BCUT2D eigenvalue weighted by Gasteiger charge is 2.20. The molecular weight excluding hydrogens is 488 g/mol. The van der Waals surface area contributed by atoms with Crippen LogP contribution in [-0.2, 0) is 19.1 Å². The topological polar surface area (TPSA) is 137 Å². The van der Waals surface area contributed by atoms with Crippen molar-refractivity contribution in [3.8, 4) is 22.8 Å². The number of benzene rings is 2. The van der Waals surface area contributed by atoms with E-state index in [1.165, 1.54) is 0 Å². The summed E-state index contributed by atoms with van der Waals surface area (Å²) in [6.07, 6.45) is 1.40. The van der Waals surface area contributed by atoms with Crippen LogP contribution in [-0.4, -0.2) is 79.0 Å². The average molecular weight is 523 g/mol. The highest BCUT2D eigenvalue weighted by molar-refractivity contribution is 5.76. The number of hydrogen-bond acceptors (Lipinski definition) is 9. The van der Waals surface area contributed by atoms with Crippen LogP contribution in [0.3, 0.4) is 0 Å². The number of nitrogens with two attached hydrogens (primary N) is 1. The molecule has 0 fully saturated rings. The average Bonchev–Trinajstić information content (AvgIpc) is 2.94. The van der Waals surface area contributed by atoms with E-state index in [1.54, 1.807) is 42.3 Å². The van der Waals surface area contributed by atoms with Gasteiger partial charge in [0.15, 0.2) is 11.6 Å². The molecule has 0 saturated carbocycles. The maximum atomic E-state index is 12.7. The molecule has 10 heteroatoms. The SMILES string of the molecule is CN(CC(COc1cc(-c2ccccc2O)nnc1N)c1ccccc1)C(=O)CCOCCOCCC=O. The Bertz CT molecular complexity index is 1160. The fourth-order valence-electron chi connectivity index (χ4n) is 3.73. The molecule has 1 heterocycles. The van der Waals surface area contributed by atoms with Gasteiger partial charge in [-0.15, -0.1) is 10.2 Å². The molecule has 1 amide bonds. The number of likely N-dealkylation sites (N-methyl/N-ethyl adjacent to an activating group) is 1. The smallest absolute Gasteiger partial charge is 0.224 e. The molecule has 1 atom stereocenters. The number of anilines is 1. The predicted molar refractivity (Wildman–Crippen MR) is 143 cm³/mol. The van der Waals surface area contributed by atoms with Gasteiger partial charge in [-0.3, -0.25) is 4.79 Å². The third kappa shape index (κ3) is 8.82. The minimum atomic E-state index is -0.140. The Morgan fingerprint density at radius 3 is 2.47 bits per heavy atom. The first-order chi connectivity index (χ1) is 18.5. The van der Waals surface area contributed by atoms with Crippen LogP contribution >= 0.6 is 0 Å². The standard InChI is InChI=1S/C28H34N4O6/c1-32(27(35)12-15-37-17-16-36-14-7-13-33)19-22(21-8-3-2-4-9-21)20-38-26-18-24(30-31-28(26)29)23-10-5-6-11-25(23)34/h2-6,8-11,13,18,22,34H,7,12,14-17,19-20H2,1H3,(H2,29,31). The van der Waals surface area contributed by atoms with Gasteiger partial charge in [0.05, 0.1) is 39.5 Å². The van der Waals surface area contributed by atoms with E-state index in [9.17, 15) is 14.7 Å². The summed E-state index contributed by atoms with van der Waals surface area (Å²) in [5, 5.41) is 18.3. The number of nitrogens with zero attached hydrogens (tertiary/aromatic N) is 3. The second-order valence-electron chi connectivity index (χ2n) is 8.62. The summed E-state index contributed by atoms with van der Waals surface area (Å²) in [7, 11) is 1.75. The molecule has 0 spiro atoms. The quantitative estimate of drug-likeness (QED) is 0.215. The summed E-state index contributed by atoms with van der Waals surface area (Å²) in [6.45, 7) is 2.05. The molecule has 38 heavy (non-hydrogen) atoms. The number of carbonyl (C=O) groups is 2. The Morgan fingerprint density at radius 2 is 1.74 bits per heavy atom. The van der Waals surface area contributed by atoms with Gasteiger partial charge in [0.1, 0.15) is 17.7 Å². The van der Waals surface area contributed by atoms with Crippen LogP contribution < -0.4 is 10.5 Å². The van der Waals surface area contributed by atoms with Gasteiger partial charge >= 0.3 is 0 Å². The molecule has 2 aromatic carbocycles. The van der Waals surface area contributed by atoms with Crippen molar-refractivity contribution in [1.82, 2.24) is 15.1 Å². The van der Waals surface area contributed by atoms with Crippen molar-refractivity contribution in [2.24, 2.45) is 0 Å². The van der Waals surface area contributed by atoms with Gasteiger partial charge < -0.3 is 34.7 Å². The molecule has 0 aliphatic rings. The first-order valence-corrected chi connectivity index (χ1v) is 12.4. The summed E-state index contributed by atoms with van der Waals surface area (Å²) in [4.78, 5) is 24.6. The minimum absolute atomic E-state index is 0.0558. The second-order valence-corrected chi connectivity index (χ2v) is 8.62. The molecule has 0 saturated heterocycles. The molecule has 0 aliphatic heterocycles. The van der Waals surface area contributed by atoms with Crippen LogP contribution in [0.25, 0.3) is 11.3 Å². The lowest BCUT2D eigenvalue weighted by Crippen LogP contribution is -2.33. The van der Waals surface area contributed by atoms with E-state index in [2.05, 4.69) is 10.2 Å². The van der Waals surface area contributed by atoms with E-state index in [1.807, 2.05) is 30.3 Å². The number of aldehydes is 1. The van der Waals surface area contributed by atoms with Crippen molar-refractivity contribution in [2.75, 3.05) is 52.4 Å². The second kappa shape index (κ2) is 15.3. The monoisotopic (exact) mass is 522 g/mol. The van der Waals surface area contributed by atoms with E-state index in [4.69, 9.17) is 19.9 Å². The van der Waals surface area contributed by atoms with Gasteiger partial charge in [-0.05, 0) is 17.7 Å². The number of phenolic OH excluding ortho intramolecular Hbond substituents is 1. The molecular formula is C28H34N4O6. The number of amides is 1. The van der Waals surface area contributed by atoms with Gasteiger partial charge in [-0.2, -0.15) is 0 Å². The minimum Gasteiger partial charge on any atom is -0.507 e. The fraction of sp³-hybridized carbons (Fsp3) is 0.357. The molecule has 10 nitrogen and oxygen atoms in total. The van der Waals surface area contributed by atoms with Crippen molar-refractivity contribution in [1.29, 1.82) is 0 Å². The van der Waals surface area contributed by atoms with E-state index in [0.717, 1.165) is 11.8 Å². The van der Waals surface area contributed by atoms with Gasteiger partial charge in [-0.1, -0.05) is 42.5 Å². The Morgan fingerprint density at radius 1 is 1.03 bits per heavy atom. The number of phenols is 1. The zero-order valence-corrected chi connectivity index (χ0v) is 21.5. The lowest BCUT2D eigenvalue weighted by Gasteiger charge is -2.25.